The molecular weight excluding hydrogens is 438 g/mol. The fourth-order valence-electron chi connectivity index (χ4n) is 6.52. The van der Waals surface area contributed by atoms with E-state index in [0.717, 1.165) is 37.0 Å². The molecule has 0 heterocycles. The Labute approximate surface area is 200 Å². The molecule has 33 heavy (non-hydrogen) atoms. The predicted molar refractivity (Wildman–Crippen MR) is 128 cm³/mol. The number of hydrogen-bond donors (Lipinski definition) is 3. The van der Waals surface area contributed by atoms with Crippen LogP contribution in [0.25, 0.3) is 0 Å². The molecule has 0 spiro atoms. The van der Waals surface area contributed by atoms with Crippen molar-refractivity contribution in [1.29, 1.82) is 0 Å². The first-order valence-electron chi connectivity index (χ1n) is 12.0. The van der Waals surface area contributed by atoms with Crippen molar-refractivity contribution in [3.63, 3.8) is 0 Å². The van der Waals surface area contributed by atoms with E-state index in [1.807, 2.05) is 24.5 Å². The number of para-hydroxylation sites is 1. The number of hydrogen-bond acceptors (Lipinski definition) is 5. The molecule has 4 bridgehead atoms. The molecule has 8 heteroatoms. The summed E-state index contributed by atoms with van der Waals surface area (Å²) >= 11 is 1.60. The van der Waals surface area contributed by atoms with E-state index in [9.17, 15) is 14.4 Å². The number of rotatable bonds is 10. The Morgan fingerprint density at radius 3 is 2.24 bits per heavy atom. The van der Waals surface area contributed by atoms with Crippen LogP contribution in [0, 0.1) is 23.2 Å². The second-order valence-electron chi connectivity index (χ2n) is 10.1. The maximum atomic E-state index is 12.7. The molecule has 1 aromatic carbocycles. The Morgan fingerprint density at radius 1 is 1.00 bits per heavy atom. The minimum atomic E-state index is -0.732. The van der Waals surface area contributed by atoms with Crippen LogP contribution in [0.2, 0.25) is 0 Å². The van der Waals surface area contributed by atoms with Crippen molar-refractivity contribution < 1.29 is 19.1 Å². The van der Waals surface area contributed by atoms with Crippen LogP contribution in [0.15, 0.2) is 30.3 Å². The van der Waals surface area contributed by atoms with Gasteiger partial charge in [-0.15, -0.1) is 0 Å². The topological polar surface area (TPSA) is 96.5 Å². The fourth-order valence-corrected chi connectivity index (χ4v) is 6.99. The molecule has 0 radical (unpaired) electrons. The van der Waals surface area contributed by atoms with E-state index in [-0.39, 0.29) is 23.8 Å². The van der Waals surface area contributed by atoms with Gasteiger partial charge < -0.3 is 10.1 Å². The number of ether oxygens (including phenoxy) is 1. The van der Waals surface area contributed by atoms with E-state index < -0.39 is 11.9 Å². The molecule has 180 valence electrons. The molecular formula is C25H35N3O4S. The molecule has 0 saturated heterocycles. The number of hydrazine groups is 1. The summed E-state index contributed by atoms with van der Waals surface area (Å²) in [7, 11) is 0. The Kier molecular flexibility index (Phi) is 7.83. The van der Waals surface area contributed by atoms with E-state index in [1.165, 1.54) is 19.3 Å². The molecule has 0 aromatic heterocycles. The molecule has 1 atom stereocenters. The van der Waals surface area contributed by atoms with Crippen molar-refractivity contribution in [2.45, 2.75) is 57.4 Å². The fraction of sp³-hybridized carbons (Fsp3) is 0.640. The van der Waals surface area contributed by atoms with E-state index in [2.05, 4.69) is 16.2 Å². The van der Waals surface area contributed by atoms with Crippen LogP contribution in [-0.2, 0) is 14.4 Å². The highest BCUT2D eigenvalue weighted by Crippen LogP contribution is 2.61. The first-order chi connectivity index (χ1) is 15.9. The van der Waals surface area contributed by atoms with Crippen LogP contribution in [0.1, 0.15) is 51.4 Å². The first-order valence-corrected chi connectivity index (χ1v) is 13.4. The highest BCUT2D eigenvalue weighted by Gasteiger charge is 2.51. The maximum absolute atomic E-state index is 12.7. The average Bonchev–Trinajstić information content (AvgIpc) is 2.78. The molecule has 4 saturated carbocycles. The Morgan fingerprint density at radius 2 is 1.64 bits per heavy atom. The third-order valence-electron chi connectivity index (χ3n) is 7.40. The maximum Gasteiger partial charge on any atom is 0.260 e. The summed E-state index contributed by atoms with van der Waals surface area (Å²) in [6.07, 6.45) is 10.3. The smallest absolute Gasteiger partial charge is 0.260 e. The van der Waals surface area contributed by atoms with Gasteiger partial charge in [0.1, 0.15) is 11.8 Å². The summed E-state index contributed by atoms with van der Waals surface area (Å²) in [6, 6.07) is 8.33. The van der Waals surface area contributed by atoms with Crippen LogP contribution in [0.4, 0.5) is 0 Å². The third kappa shape index (κ3) is 6.43. The first kappa shape index (κ1) is 23.9. The zero-order chi connectivity index (χ0) is 23.3. The molecule has 1 aromatic rings. The monoisotopic (exact) mass is 473 g/mol. The van der Waals surface area contributed by atoms with E-state index >= 15 is 0 Å². The van der Waals surface area contributed by atoms with Gasteiger partial charge in [0.25, 0.3) is 11.8 Å². The zero-order valence-corrected chi connectivity index (χ0v) is 20.1. The van der Waals surface area contributed by atoms with Crippen molar-refractivity contribution >= 4 is 29.5 Å². The van der Waals surface area contributed by atoms with Gasteiger partial charge in [0, 0.05) is 6.42 Å². The number of benzene rings is 1. The van der Waals surface area contributed by atoms with Gasteiger partial charge in [-0.25, -0.2) is 0 Å². The van der Waals surface area contributed by atoms with Crippen LogP contribution in [0.3, 0.4) is 0 Å². The molecule has 7 nitrogen and oxygen atoms in total. The second kappa shape index (κ2) is 10.8. The van der Waals surface area contributed by atoms with Crippen molar-refractivity contribution in [2.75, 3.05) is 18.6 Å². The highest BCUT2D eigenvalue weighted by atomic mass is 32.2. The van der Waals surface area contributed by atoms with E-state index in [0.29, 0.717) is 24.3 Å². The number of carbonyl (C=O) groups excluding carboxylic acids is 3. The van der Waals surface area contributed by atoms with E-state index in [1.54, 1.807) is 23.9 Å². The van der Waals surface area contributed by atoms with Gasteiger partial charge in [0.2, 0.25) is 5.91 Å². The minimum absolute atomic E-state index is 0.116. The van der Waals surface area contributed by atoms with Crippen molar-refractivity contribution in [3.05, 3.63) is 30.3 Å². The van der Waals surface area contributed by atoms with Crippen molar-refractivity contribution in [3.8, 4) is 5.75 Å². The number of nitrogens with one attached hydrogen (secondary N) is 3. The lowest BCUT2D eigenvalue weighted by molar-refractivity contribution is -0.135. The third-order valence-corrected chi connectivity index (χ3v) is 8.05. The molecule has 5 rings (SSSR count). The van der Waals surface area contributed by atoms with E-state index in [4.69, 9.17) is 4.74 Å². The predicted octanol–water partition coefficient (Wildman–Crippen LogP) is 3.06. The Bertz CT molecular complexity index is 812. The number of amides is 3. The molecule has 4 aliphatic carbocycles. The van der Waals surface area contributed by atoms with Gasteiger partial charge in [-0.1, -0.05) is 18.2 Å². The standard InChI is InChI=1S/C25H35N3O4S/c1-33-8-7-21(26-23(30)16-32-20-5-3-2-4-6-20)24(31)28-27-22(29)15-25-12-17-9-18(13-25)11-19(10-17)14-25/h2-6,17-19,21H,7-16H2,1H3,(H,26,30)(H,27,29)(H,28,31). The molecule has 3 amide bonds. The summed E-state index contributed by atoms with van der Waals surface area (Å²) in [5.74, 6) is 2.73. The summed E-state index contributed by atoms with van der Waals surface area (Å²) in [5, 5.41) is 2.73. The van der Waals surface area contributed by atoms with Gasteiger partial charge in [0.05, 0.1) is 0 Å². The molecule has 4 fully saturated rings. The molecule has 0 aliphatic heterocycles. The second-order valence-corrected chi connectivity index (χ2v) is 11.1. The van der Waals surface area contributed by atoms with Crippen LogP contribution >= 0.6 is 11.8 Å². The van der Waals surface area contributed by atoms with Gasteiger partial charge >= 0.3 is 0 Å². The summed E-state index contributed by atoms with van der Waals surface area (Å²) in [5.41, 5.74) is 5.28. The Hall–Kier alpha value is -2.22. The van der Waals surface area contributed by atoms with Gasteiger partial charge in [0.15, 0.2) is 6.61 Å². The average molecular weight is 474 g/mol. The summed E-state index contributed by atoms with van der Waals surface area (Å²) in [4.78, 5) is 37.8. The van der Waals surface area contributed by atoms with Gasteiger partial charge in [-0.3, -0.25) is 25.2 Å². The summed E-state index contributed by atoms with van der Waals surface area (Å²) < 4.78 is 5.47. The number of thioether (sulfide) groups is 1. The lowest BCUT2D eigenvalue weighted by atomic mass is 9.49. The largest absolute Gasteiger partial charge is 0.484 e. The Balaban J connectivity index is 1.24. The SMILES string of the molecule is CSCCC(NC(=O)COc1ccccc1)C(=O)NNC(=O)CC12CC3CC(CC(C3)C1)C2. The summed E-state index contributed by atoms with van der Waals surface area (Å²) in [6.45, 7) is -0.175. The minimum Gasteiger partial charge on any atom is -0.484 e. The normalized spacial score (nSPS) is 28.1. The lowest BCUT2D eigenvalue weighted by Gasteiger charge is -2.56. The van der Waals surface area contributed by atoms with Crippen molar-refractivity contribution in [1.82, 2.24) is 16.2 Å². The number of carbonyl (C=O) groups is 3. The lowest BCUT2D eigenvalue weighted by Crippen LogP contribution is -2.54. The van der Waals surface area contributed by atoms with Crippen LogP contribution < -0.4 is 20.9 Å². The zero-order valence-electron chi connectivity index (χ0n) is 19.3. The van der Waals surface area contributed by atoms with Crippen LogP contribution in [-0.4, -0.2) is 42.4 Å². The molecule has 3 N–H and O–H groups in total. The van der Waals surface area contributed by atoms with Gasteiger partial charge in [-0.05, 0) is 92.3 Å². The van der Waals surface area contributed by atoms with Crippen LogP contribution in [0.5, 0.6) is 5.75 Å². The quantitative estimate of drug-likeness (QED) is 0.454. The van der Waals surface area contributed by atoms with Crippen molar-refractivity contribution in [2.24, 2.45) is 23.2 Å². The van der Waals surface area contributed by atoms with Gasteiger partial charge in [-0.2, -0.15) is 11.8 Å². The molecule has 1 unspecified atom stereocenters. The highest BCUT2D eigenvalue weighted by molar-refractivity contribution is 7.98. The molecule has 4 aliphatic rings.